The molecule has 1 atom stereocenters. The van der Waals surface area contributed by atoms with E-state index >= 15 is 0 Å². The number of benzene rings is 1. The molecule has 0 amide bonds. The van der Waals surface area contributed by atoms with Crippen LogP contribution in [0.15, 0.2) is 52.6 Å². The topological polar surface area (TPSA) is 0 Å². The average molecular weight is 424 g/mol. The van der Waals surface area contributed by atoms with Crippen molar-refractivity contribution in [3.05, 3.63) is 52.6 Å². The number of hydrogen-bond donors (Lipinski definition) is 0. The van der Waals surface area contributed by atoms with Crippen LogP contribution in [-0.4, -0.2) is 9.52 Å². The second kappa shape index (κ2) is 11.2. The first-order valence-electron chi connectivity index (χ1n) is 7.68. The van der Waals surface area contributed by atoms with Gasteiger partial charge in [-0.3, -0.25) is 0 Å². The Balaban J connectivity index is 0. The molecule has 1 aliphatic rings. The summed E-state index contributed by atoms with van der Waals surface area (Å²) >= 11 is 2.49. The molecule has 0 aromatic heterocycles. The predicted molar refractivity (Wildman–Crippen MR) is 88.1 cm³/mol. The van der Waals surface area contributed by atoms with Crippen molar-refractivity contribution in [2.24, 2.45) is 0 Å². The molecule has 0 nitrogen and oxygen atoms in total. The standard InChI is InChI=1S/C18H25Si.3ClH.Ti/c1-5-9-17-14(3)13(2)15(4)18(17)12-19-16-10-7-6-8-11-16;;;;/h6-8,10-11H,5,9,12,19H2,1-4H3;3*1H;/q;;;;+3/p-3. The Bertz CT molecular complexity index is 555. The first kappa shape index (κ1) is 25.7. The maximum Gasteiger partial charge on any atom is -1.00 e. The summed E-state index contributed by atoms with van der Waals surface area (Å²) in [6.45, 7) is 9.31. The smallest absolute Gasteiger partial charge is 1.00 e. The maximum atomic E-state index is 2.49. The van der Waals surface area contributed by atoms with E-state index < -0.39 is 0 Å². The molecule has 0 N–H and O–H groups in total. The van der Waals surface area contributed by atoms with Gasteiger partial charge in [0.25, 0.3) is 0 Å². The molecule has 0 spiro atoms. The van der Waals surface area contributed by atoms with Crippen LogP contribution >= 0.6 is 0 Å². The largest absolute Gasteiger partial charge is 1.00 e. The van der Waals surface area contributed by atoms with E-state index in [9.17, 15) is 0 Å². The molecule has 0 saturated carbocycles. The second-order valence-electron chi connectivity index (χ2n) is 5.99. The summed E-state index contributed by atoms with van der Waals surface area (Å²) in [7, 11) is -0.192. The van der Waals surface area contributed by atoms with Crippen LogP contribution in [0.5, 0.6) is 0 Å². The average Bonchev–Trinajstić information content (AvgIpc) is 2.63. The zero-order valence-corrected chi connectivity index (χ0v) is 19.6. The fourth-order valence-corrected chi connectivity index (χ4v) is 6.65. The molecule has 2 rings (SSSR count). The van der Waals surface area contributed by atoms with Crippen LogP contribution in [0.1, 0.15) is 40.5 Å². The molecule has 1 aromatic carbocycles. The third-order valence-corrected chi connectivity index (χ3v) is 9.14. The number of halogens is 3. The molecule has 0 fully saturated rings. The minimum absolute atomic E-state index is 0. The summed E-state index contributed by atoms with van der Waals surface area (Å²) in [6.07, 6.45) is 2.52. The first-order valence-corrected chi connectivity index (χ1v) is 10.2. The van der Waals surface area contributed by atoms with Gasteiger partial charge in [0.1, 0.15) is 0 Å². The van der Waals surface area contributed by atoms with Gasteiger partial charge in [-0.2, -0.15) is 0 Å². The van der Waals surface area contributed by atoms with E-state index in [0.29, 0.717) is 3.72 Å². The van der Waals surface area contributed by atoms with Crippen molar-refractivity contribution in [2.75, 3.05) is 0 Å². The zero-order valence-electron chi connectivity index (χ0n) is 14.3. The fourth-order valence-electron chi connectivity index (χ4n) is 3.34. The third-order valence-electron chi connectivity index (χ3n) is 4.86. The van der Waals surface area contributed by atoms with Gasteiger partial charge in [-0.05, 0) is 0 Å². The molecule has 0 saturated heterocycles. The Kier molecular flexibility index (Phi) is 12.5. The van der Waals surface area contributed by atoms with E-state index in [4.69, 9.17) is 0 Å². The van der Waals surface area contributed by atoms with E-state index in [-0.39, 0.29) is 46.7 Å². The number of hydrogen-bond acceptors (Lipinski definition) is 0. The van der Waals surface area contributed by atoms with Crippen LogP contribution in [0.25, 0.3) is 0 Å². The van der Waals surface area contributed by atoms with Crippen LogP contribution in [0.3, 0.4) is 0 Å². The second-order valence-corrected chi connectivity index (χ2v) is 9.14. The quantitative estimate of drug-likeness (QED) is 0.417. The van der Waals surface area contributed by atoms with E-state index in [1.54, 1.807) is 27.5 Å². The summed E-state index contributed by atoms with van der Waals surface area (Å²) < 4.78 is 0.340. The van der Waals surface area contributed by atoms with Crippen molar-refractivity contribution in [3.8, 4) is 0 Å². The third kappa shape index (κ3) is 5.49. The maximum absolute atomic E-state index is 2.49. The van der Waals surface area contributed by atoms with E-state index in [0.717, 1.165) is 0 Å². The van der Waals surface area contributed by atoms with Crippen molar-refractivity contribution in [2.45, 2.75) is 50.3 Å². The summed E-state index contributed by atoms with van der Waals surface area (Å²) in [4.78, 5) is 0. The Morgan fingerprint density at radius 2 is 1.52 bits per heavy atom. The van der Waals surface area contributed by atoms with Crippen LogP contribution < -0.4 is 42.4 Å². The molecule has 0 bridgehead atoms. The monoisotopic (exact) mass is 422 g/mol. The van der Waals surface area contributed by atoms with Gasteiger partial charge >= 0.3 is 138 Å². The normalized spacial score (nSPS) is 20.4. The van der Waals surface area contributed by atoms with Crippen molar-refractivity contribution in [1.82, 2.24) is 0 Å². The molecule has 0 heterocycles. The van der Waals surface area contributed by atoms with Crippen LogP contribution in [0.4, 0.5) is 0 Å². The Morgan fingerprint density at radius 3 is 2.04 bits per heavy atom. The Morgan fingerprint density at radius 1 is 0.957 bits per heavy atom. The fraction of sp³-hybridized carbons (Fsp3) is 0.444. The molecule has 23 heavy (non-hydrogen) atoms. The van der Waals surface area contributed by atoms with E-state index in [1.807, 2.05) is 0 Å². The van der Waals surface area contributed by atoms with Gasteiger partial charge in [0.2, 0.25) is 0 Å². The van der Waals surface area contributed by atoms with Gasteiger partial charge in [0.05, 0.1) is 0 Å². The summed E-state index contributed by atoms with van der Waals surface area (Å²) in [6, 6.07) is 12.5. The molecule has 5 heteroatoms. The van der Waals surface area contributed by atoms with Crippen LogP contribution in [-0.2, 0) is 20.4 Å². The van der Waals surface area contributed by atoms with Crippen LogP contribution in [0, 0.1) is 0 Å². The molecular weight excluding hydrogens is 399 g/mol. The van der Waals surface area contributed by atoms with Crippen molar-refractivity contribution >= 4 is 14.7 Å². The van der Waals surface area contributed by atoms with E-state index in [2.05, 4.69) is 78.5 Å². The Hall–Kier alpha value is 0.501. The van der Waals surface area contributed by atoms with Gasteiger partial charge in [-0.1, -0.05) is 0 Å². The summed E-state index contributed by atoms with van der Waals surface area (Å²) in [5, 5.41) is 1.60. The first-order chi connectivity index (χ1) is 9.50. The van der Waals surface area contributed by atoms with Crippen LogP contribution in [0.2, 0.25) is 9.76 Å². The van der Waals surface area contributed by atoms with Gasteiger partial charge in [-0.15, -0.1) is 0 Å². The molecule has 0 radical (unpaired) electrons. The van der Waals surface area contributed by atoms with E-state index in [1.165, 1.54) is 18.9 Å². The zero-order chi connectivity index (χ0) is 14.8. The van der Waals surface area contributed by atoms with Crippen molar-refractivity contribution in [3.63, 3.8) is 0 Å². The van der Waals surface area contributed by atoms with Gasteiger partial charge < -0.3 is 37.2 Å². The summed E-state index contributed by atoms with van der Waals surface area (Å²) in [5.74, 6) is 0. The molecule has 1 aliphatic carbocycles. The summed E-state index contributed by atoms with van der Waals surface area (Å²) in [5.41, 5.74) is 6.48. The SMILES string of the molecule is CCCC1=C(C)C(C)=C(C)[C]1([Ti+3])C[SiH2]c1ccccc1.[Cl-].[Cl-].[Cl-]. The minimum Gasteiger partial charge on any atom is -1.00 e. The van der Waals surface area contributed by atoms with Gasteiger partial charge in [-0.25, -0.2) is 0 Å². The number of rotatable bonds is 5. The van der Waals surface area contributed by atoms with Crippen molar-refractivity contribution in [1.29, 1.82) is 0 Å². The van der Waals surface area contributed by atoms with Crippen molar-refractivity contribution < 1.29 is 57.7 Å². The van der Waals surface area contributed by atoms with Gasteiger partial charge in [0, 0.05) is 0 Å². The predicted octanol–water partition coefficient (Wildman–Crippen LogP) is -4.92. The molecule has 1 aromatic rings. The number of allylic oxidation sites excluding steroid dienone is 4. The molecule has 0 aliphatic heterocycles. The Labute approximate surface area is 174 Å². The molecular formula is C18H25Cl3SiTi. The van der Waals surface area contributed by atoms with Gasteiger partial charge in [0.15, 0.2) is 0 Å². The molecule has 126 valence electrons. The molecule has 1 unspecified atom stereocenters. The minimum atomic E-state index is -0.192.